The van der Waals surface area contributed by atoms with Crippen LogP contribution in [-0.2, 0) is 5.92 Å². The van der Waals surface area contributed by atoms with Crippen molar-refractivity contribution in [3.8, 4) is 5.75 Å². The maximum atomic E-state index is 14.6. The Balaban J connectivity index is 2.42. The molecule has 0 aromatic heterocycles. The minimum absolute atomic E-state index is 0.0231. The smallest absolute Gasteiger partial charge is 0.280 e. The SMILES string of the molecule is COc1ccc(C(C)C)cc1C(F)(F)C1CCNC1. The summed E-state index contributed by atoms with van der Waals surface area (Å²) >= 11 is 0. The van der Waals surface area contributed by atoms with E-state index in [1.165, 1.54) is 7.11 Å². The van der Waals surface area contributed by atoms with Gasteiger partial charge in [0, 0.05) is 12.5 Å². The summed E-state index contributed by atoms with van der Waals surface area (Å²) in [6, 6.07) is 5.11. The van der Waals surface area contributed by atoms with Crippen LogP contribution in [0.4, 0.5) is 8.78 Å². The molecule has 1 aromatic rings. The highest BCUT2D eigenvalue weighted by Gasteiger charge is 2.44. The highest BCUT2D eigenvalue weighted by atomic mass is 19.3. The van der Waals surface area contributed by atoms with Crippen LogP contribution >= 0.6 is 0 Å². The van der Waals surface area contributed by atoms with Crippen LogP contribution in [-0.4, -0.2) is 20.2 Å². The molecule has 1 heterocycles. The van der Waals surface area contributed by atoms with Gasteiger partial charge in [0.05, 0.1) is 12.7 Å². The van der Waals surface area contributed by atoms with E-state index < -0.39 is 11.8 Å². The molecular formula is C15H21F2NO. The van der Waals surface area contributed by atoms with Crippen molar-refractivity contribution in [1.82, 2.24) is 5.32 Å². The topological polar surface area (TPSA) is 21.3 Å². The minimum Gasteiger partial charge on any atom is -0.496 e. The van der Waals surface area contributed by atoms with E-state index >= 15 is 0 Å². The molecule has 1 N–H and O–H groups in total. The first-order chi connectivity index (χ1) is 8.96. The number of hydrogen-bond acceptors (Lipinski definition) is 2. The summed E-state index contributed by atoms with van der Waals surface area (Å²) in [5.74, 6) is -2.99. The molecule has 1 aromatic carbocycles. The zero-order valence-electron chi connectivity index (χ0n) is 11.7. The van der Waals surface area contributed by atoms with Gasteiger partial charge in [0.2, 0.25) is 0 Å². The molecule has 106 valence electrons. The van der Waals surface area contributed by atoms with Crippen molar-refractivity contribution in [2.75, 3.05) is 20.2 Å². The van der Waals surface area contributed by atoms with Gasteiger partial charge in [-0.1, -0.05) is 19.9 Å². The second-order valence-corrected chi connectivity index (χ2v) is 5.43. The first-order valence-corrected chi connectivity index (χ1v) is 6.73. The number of nitrogens with one attached hydrogen (secondary N) is 1. The van der Waals surface area contributed by atoms with Gasteiger partial charge in [-0.2, -0.15) is 0 Å². The van der Waals surface area contributed by atoms with Gasteiger partial charge in [-0.3, -0.25) is 0 Å². The van der Waals surface area contributed by atoms with Gasteiger partial charge in [0.25, 0.3) is 5.92 Å². The van der Waals surface area contributed by atoms with Crippen LogP contribution < -0.4 is 10.1 Å². The average Bonchev–Trinajstić information content (AvgIpc) is 2.92. The zero-order chi connectivity index (χ0) is 14.0. The third kappa shape index (κ3) is 2.73. The fourth-order valence-electron chi connectivity index (χ4n) is 2.53. The molecule has 0 bridgehead atoms. The van der Waals surface area contributed by atoms with E-state index in [0.717, 1.165) is 5.56 Å². The Morgan fingerprint density at radius 1 is 1.37 bits per heavy atom. The van der Waals surface area contributed by atoms with E-state index in [0.29, 0.717) is 19.5 Å². The van der Waals surface area contributed by atoms with Crippen molar-refractivity contribution >= 4 is 0 Å². The lowest BCUT2D eigenvalue weighted by Crippen LogP contribution is -2.28. The second kappa shape index (κ2) is 5.45. The Hall–Kier alpha value is -1.16. The van der Waals surface area contributed by atoms with Crippen LogP contribution in [0.2, 0.25) is 0 Å². The lowest BCUT2D eigenvalue weighted by atomic mass is 9.90. The molecule has 0 aliphatic carbocycles. The van der Waals surface area contributed by atoms with Crippen LogP contribution in [0, 0.1) is 5.92 Å². The molecule has 1 saturated heterocycles. The van der Waals surface area contributed by atoms with Crippen LogP contribution in [0.15, 0.2) is 18.2 Å². The minimum atomic E-state index is -2.85. The van der Waals surface area contributed by atoms with E-state index in [4.69, 9.17) is 4.74 Å². The summed E-state index contributed by atoms with van der Waals surface area (Å²) in [7, 11) is 1.44. The number of benzene rings is 1. The predicted molar refractivity (Wildman–Crippen MR) is 72.0 cm³/mol. The first-order valence-electron chi connectivity index (χ1n) is 6.73. The molecule has 1 fully saturated rings. The molecule has 1 unspecified atom stereocenters. The van der Waals surface area contributed by atoms with Gasteiger partial charge in [-0.05, 0) is 36.6 Å². The summed E-state index contributed by atoms with van der Waals surface area (Å²) in [6.07, 6.45) is 0.502. The van der Waals surface area contributed by atoms with Crippen molar-refractivity contribution in [2.45, 2.75) is 32.1 Å². The molecule has 19 heavy (non-hydrogen) atoms. The monoisotopic (exact) mass is 269 g/mol. The Labute approximate surface area is 113 Å². The maximum absolute atomic E-state index is 14.6. The molecular weight excluding hydrogens is 248 g/mol. The van der Waals surface area contributed by atoms with Crippen molar-refractivity contribution in [1.29, 1.82) is 0 Å². The van der Waals surface area contributed by atoms with Gasteiger partial charge >= 0.3 is 0 Å². The molecule has 1 atom stereocenters. The summed E-state index contributed by atoms with van der Waals surface area (Å²) in [5, 5.41) is 3.00. The Morgan fingerprint density at radius 3 is 2.63 bits per heavy atom. The maximum Gasteiger partial charge on any atom is 0.280 e. The van der Waals surface area contributed by atoms with Gasteiger partial charge in [0.15, 0.2) is 0 Å². The normalized spacial score (nSPS) is 20.0. The lowest BCUT2D eigenvalue weighted by Gasteiger charge is -2.25. The summed E-state index contributed by atoms with van der Waals surface area (Å²) in [4.78, 5) is 0. The number of methoxy groups -OCH3 is 1. The van der Waals surface area contributed by atoms with Gasteiger partial charge in [0.1, 0.15) is 5.75 Å². The van der Waals surface area contributed by atoms with E-state index in [1.54, 1.807) is 12.1 Å². The van der Waals surface area contributed by atoms with Crippen LogP contribution in [0.1, 0.15) is 37.3 Å². The molecule has 0 amide bonds. The molecule has 1 aliphatic heterocycles. The first kappa shape index (κ1) is 14.3. The average molecular weight is 269 g/mol. The van der Waals surface area contributed by atoms with E-state index in [9.17, 15) is 8.78 Å². The van der Waals surface area contributed by atoms with Crippen LogP contribution in [0.3, 0.4) is 0 Å². The van der Waals surface area contributed by atoms with Crippen LogP contribution in [0.25, 0.3) is 0 Å². The molecule has 2 nitrogen and oxygen atoms in total. The number of halogens is 2. The number of ether oxygens (including phenoxy) is 1. The fourth-order valence-corrected chi connectivity index (χ4v) is 2.53. The molecule has 2 rings (SSSR count). The van der Waals surface area contributed by atoms with Crippen molar-refractivity contribution < 1.29 is 13.5 Å². The van der Waals surface area contributed by atoms with Gasteiger partial charge < -0.3 is 10.1 Å². The second-order valence-electron chi connectivity index (χ2n) is 5.43. The highest BCUT2D eigenvalue weighted by molar-refractivity contribution is 5.41. The molecule has 4 heteroatoms. The van der Waals surface area contributed by atoms with Gasteiger partial charge in [-0.25, -0.2) is 8.78 Å². The predicted octanol–water partition coefficient (Wildman–Crippen LogP) is 3.52. The molecule has 0 radical (unpaired) electrons. The van der Waals surface area contributed by atoms with Crippen molar-refractivity contribution in [3.05, 3.63) is 29.3 Å². The van der Waals surface area contributed by atoms with Gasteiger partial charge in [-0.15, -0.1) is 0 Å². The Morgan fingerprint density at radius 2 is 2.11 bits per heavy atom. The van der Waals surface area contributed by atoms with Crippen molar-refractivity contribution in [2.24, 2.45) is 5.92 Å². The summed E-state index contributed by atoms with van der Waals surface area (Å²) in [5.41, 5.74) is 0.941. The van der Waals surface area contributed by atoms with Crippen molar-refractivity contribution in [3.63, 3.8) is 0 Å². The Kier molecular flexibility index (Phi) is 4.09. The van der Waals surface area contributed by atoms with E-state index in [2.05, 4.69) is 5.32 Å². The standard InChI is InChI=1S/C15H21F2NO/c1-10(2)11-4-5-14(19-3)13(8-11)15(16,17)12-6-7-18-9-12/h4-5,8,10,12,18H,6-7,9H2,1-3H3. The molecule has 0 saturated carbocycles. The summed E-state index contributed by atoms with van der Waals surface area (Å²) < 4.78 is 34.4. The van der Waals surface area contributed by atoms with E-state index in [1.807, 2.05) is 19.9 Å². The molecule has 0 spiro atoms. The highest BCUT2D eigenvalue weighted by Crippen LogP contribution is 2.44. The zero-order valence-corrected chi connectivity index (χ0v) is 11.7. The number of hydrogen-bond donors (Lipinski definition) is 1. The number of alkyl halides is 2. The third-order valence-electron chi connectivity index (χ3n) is 3.82. The van der Waals surface area contributed by atoms with Crippen LogP contribution in [0.5, 0.6) is 5.75 Å². The summed E-state index contributed by atoms with van der Waals surface area (Å²) in [6.45, 7) is 5.02. The molecule has 1 aliphatic rings. The largest absolute Gasteiger partial charge is 0.496 e. The van der Waals surface area contributed by atoms with E-state index in [-0.39, 0.29) is 17.2 Å². The fraction of sp³-hybridized carbons (Fsp3) is 0.600. The third-order valence-corrected chi connectivity index (χ3v) is 3.82. The Bertz CT molecular complexity index is 440. The lowest BCUT2D eigenvalue weighted by molar-refractivity contribution is -0.0592. The number of rotatable bonds is 4. The quantitative estimate of drug-likeness (QED) is 0.903.